The van der Waals surface area contributed by atoms with Crippen LogP contribution in [0.15, 0.2) is 36.7 Å². The summed E-state index contributed by atoms with van der Waals surface area (Å²) in [6.45, 7) is 6.73. The highest BCUT2D eigenvalue weighted by atomic mass is 16.3. The Morgan fingerprint density at radius 2 is 1.81 bits per heavy atom. The van der Waals surface area contributed by atoms with Crippen molar-refractivity contribution in [3.63, 3.8) is 0 Å². The second kappa shape index (κ2) is 12.2. The van der Waals surface area contributed by atoms with Gasteiger partial charge in [-0.3, -0.25) is 19.3 Å². The van der Waals surface area contributed by atoms with Gasteiger partial charge in [0.25, 0.3) is 11.8 Å². The number of anilines is 1. The second-order valence-corrected chi connectivity index (χ2v) is 10.1. The van der Waals surface area contributed by atoms with E-state index in [0.717, 1.165) is 19.5 Å². The van der Waals surface area contributed by atoms with Crippen LogP contribution in [0.3, 0.4) is 0 Å². The number of piperidine rings is 1. The zero-order chi connectivity index (χ0) is 26.4. The molecule has 0 spiro atoms. The van der Waals surface area contributed by atoms with Gasteiger partial charge in [0.15, 0.2) is 0 Å². The van der Waals surface area contributed by atoms with Crippen LogP contribution in [0.2, 0.25) is 0 Å². The largest absolute Gasteiger partial charge is 0.390 e. The van der Waals surface area contributed by atoms with Gasteiger partial charge in [0, 0.05) is 57.3 Å². The number of nitrogens with zero attached hydrogens (tertiary/aromatic N) is 4. The molecule has 0 saturated carbocycles. The number of amides is 2. The first kappa shape index (κ1) is 26.7. The minimum atomic E-state index is -0.691. The monoisotopic (exact) mass is 508 g/mol. The summed E-state index contributed by atoms with van der Waals surface area (Å²) in [7, 11) is 0. The fourth-order valence-electron chi connectivity index (χ4n) is 4.77. The molecule has 3 N–H and O–H groups in total. The highest BCUT2D eigenvalue weighted by molar-refractivity contribution is 6.36. The minimum Gasteiger partial charge on any atom is -0.390 e. The molecule has 2 aliphatic heterocycles. The number of likely N-dealkylation sites (tertiary alicyclic amines) is 1. The SMILES string of the molecule is CC(C)C(=O)C(=O)N1CCC(Nc2cc(C(=O)NCC(O)CN3CCc4ccccc4C3)ncn2)CC1. The summed E-state index contributed by atoms with van der Waals surface area (Å²) in [6, 6.07) is 10.0. The maximum absolute atomic E-state index is 12.7. The number of aromatic nitrogens is 2. The third-order valence-corrected chi connectivity index (χ3v) is 6.95. The highest BCUT2D eigenvalue weighted by Crippen LogP contribution is 2.19. The van der Waals surface area contributed by atoms with Gasteiger partial charge in [-0.05, 0) is 30.4 Å². The maximum atomic E-state index is 12.7. The van der Waals surface area contributed by atoms with Gasteiger partial charge in [0.2, 0.25) is 5.78 Å². The number of hydrogen-bond donors (Lipinski definition) is 3. The van der Waals surface area contributed by atoms with Gasteiger partial charge in [0.05, 0.1) is 6.10 Å². The average Bonchev–Trinajstić information content (AvgIpc) is 2.91. The molecular formula is C27H36N6O4. The Morgan fingerprint density at radius 1 is 1.08 bits per heavy atom. The minimum absolute atomic E-state index is 0.0699. The Labute approximate surface area is 217 Å². The van der Waals surface area contributed by atoms with E-state index in [2.05, 4.69) is 43.7 Å². The van der Waals surface area contributed by atoms with Crippen LogP contribution in [0.25, 0.3) is 0 Å². The van der Waals surface area contributed by atoms with Crippen molar-refractivity contribution in [2.45, 2.75) is 51.8 Å². The summed E-state index contributed by atoms with van der Waals surface area (Å²) in [6.07, 6.45) is 2.95. The number of ketones is 1. The third kappa shape index (κ3) is 7.11. The molecule has 10 heteroatoms. The van der Waals surface area contributed by atoms with E-state index in [1.165, 1.54) is 17.5 Å². The first-order chi connectivity index (χ1) is 17.8. The molecule has 1 aromatic carbocycles. The van der Waals surface area contributed by atoms with Crippen LogP contribution in [0, 0.1) is 5.92 Å². The first-order valence-electron chi connectivity index (χ1n) is 13.0. The van der Waals surface area contributed by atoms with Gasteiger partial charge in [-0.2, -0.15) is 0 Å². The van der Waals surface area contributed by atoms with Crippen LogP contribution in [0.5, 0.6) is 0 Å². The molecule has 0 bridgehead atoms. The summed E-state index contributed by atoms with van der Waals surface area (Å²) < 4.78 is 0. The number of hydrogen-bond acceptors (Lipinski definition) is 8. The molecule has 1 saturated heterocycles. The quantitative estimate of drug-likeness (QED) is 0.432. The summed E-state index contributed by atoms with van der Waals surface area (Å²) in [5.41, 5.74) is 2.86. The number of aliphatic hydroxyl groups is 1. The molecule has 0 radical (unpaired) electrons. The van der Waals surface area contributed by atoms with E-state index in [1.54, 1.807) is 24.8 Å². The summed E-state index contributed by atoms with van der Waals surface area (Å²) in [5, 5.41) is 16.6. The van der Waals surface area contributed by atoms with Crippen molar-refractivity contribution in [2.75, 3.05) is 38.0 Å². The molecule has 2 amide bonds. The number of benzene rings is 1. The number of rotatable bonds is 9. The molecule has 1 aromatic heterocycles. The van der Waals surface area contributed by atoms with Crippen LogP contribution in [0.4, 0.5) is 5.82 Å². The molecular weight excluding hydrogens is 472 g/mol. The third-order valence-electron chi connectivity index (χ3n) is 6.95. The Kier molecular flexibility index (Phi) is 8.83. The lowest BCUT2D eigenvalue weighted by Gasteiger charge is -2.32. The van der Waals surface area contributed by atoms with E-state index < -0.39 is 12.0 Å². The molecule has 198 valence electrons. The Balaban J connectivity index is 1.22. The van der Waals surface area contributed by atoms with Gasteiger partial charge in [0.1, 0.15) is 17.8 Å². The number of aliphatic hydroxyl groups excluding tert-OH is 1. The molecule has 0 aliphatic carbocycles. The van der Waals surface area contributed by atoms with E-state index in [0.29, 0.717) is 38.3 Å². The molecule has 4 rings (SSSR count). The van der Waals surface area contributed by atoms with E-state index in [-0.39, 0.29) is 35.9 Å². The van der Waals surface area contributed by atoms with E-state index in [1.807, 2.05) is 6.07 Å². The van der Waals surface area contributed by atoms with Gasteiger partial charge in [-0.1, -0.05) is 38.1 Å². The predicted octanol–water partition coefficient (Wildman–Crippen LogP) is 1.25. The average molecular weight is 509 g/mol. The topological polar surface area (TPSA) is 128 Å². The zero-order valence-electron chi connectivity index (χ0n) is 21.5. The van der Waals surface area contributed by atoms with Crippen molar-refractivity contribution in [1.29, 1.82) is 0 Å². The van der Waals surface area contributed by atoms with Gasteiger partial charge < -0.3 is 20.6 Å². The molecule has 3 heterocycles. The van der Waals surface area contributed by atoms with Gasteiger partial charge in [-0.15, -0.1) is 0 Å². The van der Waals surface area contributed by atoms with Gasteiger partial charge >= 0.3 is 0 Å². The predicted molar refractivity (Wildman–Crippen MR) is 139 cm³/mol. The summed E-state index contributed by atoms with van der Waals surface area (Å²) >= 11 is 0. The number of Topliss-reactive ketones (excluding diaryl/α,β-unsaturated/α-hetero) is 1. The molecule has 1 atom stereocenters. The Bertz CT molecular complexity index is 1120. The fraction of sp³-hybridized carbons (Fsp3) is 0.519. The molecule has 2 aromatic rings. The first-order valence-corrected chi connectivity index (χ1v) is 13.0. The Morgan fingerprint density at radius 3 is 2.54 bits per heavy atom. The maximum Gasteiger partial charge on any atom is 0.290 e. The number of carbonyl (C=O) groups excluding carboxylic acids is 3. The molecule has 1 unspecified atom stereocenters. The van der Waals surface area contributed by atoms with Crippen molar-refractivity contribution in [3.05, 3.63) is 53.5 Å². The molecule has 1 fully saturated rings. The van der Waals surface area contributed by atoms with Crippen molar-refractivity contribution in [3.8, 4) is 0 Å². The van der Waals surface area contributed by atoms with E-state index in [9.17, 15) is 19.5 Å². The molecule has 10 nitrogen and oxygen atoms in total. The smallest absolute Gasteiger partial charge is 0.290 e. The second-order valence-electron chi connectivity index (χ2n) is 10.1. The Hall–Kier alpha value is -3.37. The van der Waals surface area contributed by atoms with E-state index in [4.69, 9.17) is 0 Å². The lowest BCUT2D eigenvalue weighted by atomic mass is 10.00. The number of nitrogens with one attached hydrogen (secondary N) is 2. The summed E-state index contributed by atoms with van der Waals surface area (Å²) in [4.78, 5) is 49.0. The summed E-state index contributed by atoms with van der Waals surface area (Å²) in [5.74, 6) is -0.930. The van der Waals surface area contributed by atoms with Crippen LogP contribution in [0.1, 0.15) is 48.3 Å². The number of carbonyl (C=O) groups is 3. The fourth-order valence-corrected chi connectivity index (χ4v) is 4.77. The zero-order valence-corrected chi connectivity index (χ0v) is 21.5. The lowest BCUT2D eigenvalue weighted by Crippen LogP contribution is -2.46. The van der Waals surface area contributed by atoms with Crippen LogP contribution < -0.4 is 10.6 Å². The van der Waals surface area contributed by atoms with Crippen LogP contribution in [-0.2, 0) is 22.6 Å². The number of fused-ring (bicyclic) bond motifs is 1. The molecule has 2 aliphatic rings. The normalized spacial score (nSPS) is 17.2. The number of β-amino-alcohol motifs (C(OH)–C–C–N with tert-alkyl or cyclic N) is 1. The van der Waals surface area contributed by atoms with Crippen molar-refractivity contribution < 1.29 is 19.5 Å². The molecule has 37 heavy (non-hydrogen) atoms. The van der Waals surface area contributed by atoms with Crippen LogP contribution in [-0.4, -0.2) is 87.3 Å². The van der Waals surface area contributed by atoms with Crippen LogP contribution >= 0.6 is 0 Å². The standard InChI is InChI=1S/C27H36N6O4/c1-18(2)25(35)27(37)33-11-8-21(9-12-33)31-24-13-23(29-17-30-24)26(36)28-14-22(34)16-32-10-7-19-5-3-4-6-20(19)15-32/h3-6,13,17-18,21-22,34H,7-12,14-16H2,1-2H3,(H,28,36)(H,29,30,31). The van der Waals surface area contributed by atoms with Crippen molar-refractivity contribution in [2.24, 2.45) is 5.92 Å². The van der Waals surface area contributed by atoms with Crippen molar-refractivity contribution >= 4 is 23.4 Å². The lowest BCUT2D eigenvalue weighted by molar-refractivity contribution is -0.146. The van der Waals surface area contributed by atoms with E-state index >= 15 is 0 Å². The van der Waals surface area contributed by atoms with Gasteiger partial charge in [-0.25, -0.2) is 9.97 Å². The highest BCUT2D eigenvalue weighted by Gasteiger charge is 2.28. The van der Waals surface area contributed by atoms with Crippen molar-refractivity contribution in [1.82, 2.24) is 25.1 Å².